The van der Waals surface area contributed by atoms with Gasteiger partial charge in [-0.15, -0.1) is 35.1 Å². The Morgan fingerprint density at radius 1 is 1.08 bits per heavy atom. The first-order valence-corrected chi connectivity index (χ1v) is 10.8. The summed E-state index contributed by atoms with van der Waals surface area (Å²) in [6.45, 7) is 2.94. The predicted molar refractivity (Wildman–Crippen MR) is 114 cm³/mol. The largest absolute Gasteiger partial charge is 0.338 e. The number of amides is 1. The van der Waals surface area contributed by atoms with Gasteiger partial charge in [0.2, 0.25) is 0 Å². The van der Waals surface area contributed by atoms with E-state index in [1.54, 1.807) is 22.7 Å². The van der Waals surface area contributed by atoms with Crippen LogP contribution in [0.5, 0.6) is 0 Å². The van der Waals surface area contributed by atoms with Crippen molar-refractivity contribution in [2.75, 3.05) is 19.6 Å². The molecule has 0 radical (unpaired) electrons. The topological polar surface area (TPSA) is 32.3 Å². The van der Waals surface area contributed by atoms with Crippen molar-refractivity contribution in [1.29, 1.82) is 0 Å². The molecule has 1 aliphatic carbocycles. The van der Waals surface area contributed by atoms with Crippen molar-refractivity contribution in [2.45, 2.75) is 31.7 Å². The zero-order chi connectivity index (χ0) is 16.8. The van der Waals surface area contributed by atoms with Crippen molar-refractivity contribution in [3.05, 3.63) is 35.2 Å². The van der Waals surface area contributed by atoms with Crippen LogP contribution in [-0.4, -0.2) is 36.5 Å². The molecule has 2 fully saturated rings. The molecule has 138 valence electrons. The monoisotopic (exact) mass is 406 g/mol. The van der Waals surface area contributed by atoms with Crippen molar-refractivity contribution in [3.8, 4) is 0 Å². The van der Waals surface area contributed by atoms with Gasteiger partial charge in [0.1, 0.15) is 0 Å². The van der Waals surface area contributed by atoms with Crippen LogP contribution in [0.1, 0.15) is 35.4 Å². The minimum Gasteiger partial charge on any atom is -0.338 e. The quantitative estimate of drug-likeness (QED) is 0.650. The van der Waals surface area contributed by atoms with E-state index in [1.165, 1.54) is 38.9 Å². The van der Waals surface area contributed by atoms with Crippen LogP contribution in [-0.2, 0) is 0 Å². The highest BCUT2D eigenvalue weighted by molar-refractivity contribution is 7.33. The normalized spacial score (nSPS) is 18.4. The van der Waals surface area contributed by atoms with Crippen molar-refractivity contribution in [2.24, 2.45) is 5.92 Å². The number of benzene rings is 1. The molecule has 5 rings (SSSR count). The summed E-state index contributed by atoms with van der Waals surface area (Å²) in [6, 6.07) is 11.2. The fraction of sp³-hybridized carbons (Fsp3) is 0.450. The maximum Gasteiger partial charge on any atom is 0.263 e. The summed E-state index contributed by atoms with van der Waals surface area (Å²) in [5.74, 6) is 1.15. The number of carbonyl (C=O) groups excluding carboxylic acids is 1. The van der Waals surface area contributed by atoms with E-state index in [0.717, 1.165) is 36.7 Å². The smallest absolute Gasteiger partial charge is 0.263 e. The summed E-state index contributed by atoms with van der Waals surface area (Å²) in [6.07, 6.45) is 4.96. The van der Waals surface area contributed by atoms with E-state index in [4.69, 9.17) is 0 Å². The molecule has 26 heavy (non-hydrogen) atoms. The molecule has 1 saturated heterocycles. The van der Waals surface area contributed by atoms with Crippen LogP contribution in [0.3, 0.4) is 0 Å². The van der Waals surface area contributed by atoms with Crippen molar-refractivity contribution < 1.29 is 4.79 Å². The van der Waals surface area contributed by atoms with Crippen molar-refractivity contribution >= 4 is 60.5 Å². The van der Waals surface area contributed by atoms with E-state index in [1.807, 2.05) is 4.90 Å². The van der Waals surface area contributed by atoms with Gasteiger partial charge in [0, 0.05) is 33.9 Å². The van der Waals surface area contributed by atoms with Crippen molar-refractivity contribution in [3.63, 3.8) is 0 Å². The Morgan fingerprint density at radius 3 is 2.62 bits per heavy atom. The second-order valence-corrected chi connectivity index (χ2v) is 9.46. The number of halogens is 1. The second kappa shape index (κ2) is 7.47. The Hall–Kier alpha value is -1.14. The molecule has 1 amide bonds. The van der Waals surface area contributed by atoms with E-state index in [-0.39, 0.29) is 18.3 Å². The number of thiophene rings is 2. The summed E-state index contributed by atoms with van der Waals surface area (Å²) >= 11 is 3.45. The van der Waals surface area contributed by atoms with Crippen LogP contribution < -0.4 is 5.32 Å². The van der Waals surface area contributed by atoms with Gasteiger partial charge in [0.05, 0.1) is 9.58 Å². The van der Waals surface area contributed by atoms with E-state index in [9.17, 15) is 4.79 Å². The fourth-order valence-corrected chi connectivity index (χ4v) is 6.20. The van der Waals surface area contributed by atoms with Crippen LogP contribution in [0.25, 0.3) is 19.5 Å². The second-order valence-electron chi connectivity index (χ2n) is 7.32. The number of fused-ring (bicyclic) bond motifs is 3. The van der Waals surface area contributed by atoms with Gasteiger partial charge in [-0.1, -0.05) is 18.2 Å². The first-order valence-electron chi connectivity index (χ1n) is 9.21. The van der Waals surface area contributed by atoms with Gasteiger partial charge < -0.3 is 10.2 Å². The molecule has 0 bridgehead atoms. The lowest BCUT2D eigenvalue weighted by molar-refractivity contribution is 0.0710. The molecule has 6 heteroatoms. The third kappa shape index (κ3) is 3.50. The number of likely N-dealkylation sites (tertiary alicyclic amines) is 1. The maximum atomic E-state index is 12.9. The van der Waals surface area contributed by atoms with Gasteiger partial charge in [-0.2, -0.15) is 0 Å². The van der Waals surface area contributed by atoms with E-state index < -0.39 is 0 Å². The van der Waals surface area contributed by atoms with Gasteiger partial charge in [0.25, 0.3) is 5.91 Å². The molecule has 1 N–H and O–H groups in total. The summed E-state index contributed by atoms with van der Waals surface area (Å²) in [5.41, 5.74) is 0. The molecule has 2 aromatic heterocycles. The minimum absolute atomic E-state index is 0. The third-order valence-electron chi connectivity index (χ3n) is 5.43. The standard InChI is InChI=1S/C20H22N2OS2.ClH/c23-20(22-9-7-14(8-10-22)21-12-13-5-6-13)18-11-17-19(25-18)15-3-1-2-4-16(15)24-17;/h1-4,11,13-14,21H,5-10,12H2;1H. The zero-order valence-corrected chi connectivity index (χ0v) is 17.0. The first kappa shape index (κ1) is 18.2. The zero-order valence-electron chi connectivity index (χ0n) is 14.6. The van der Waals surface area contributed by atoms with Crippen LogP contribution in [0.4, 0.5) is 0 Å². The highest BCUT2D eigenvalue weighted by Crippen LogP contribution is 2.39. The Morgan fingerprint density at radius 2 is 1.85 bits per heavy atom. The minimum atomic E-state index is 0. The number of hydrogen-bond donors (Lipinski definition) is 1. The predicted octanol–water partition coefficient (Wildman–Crippen LogP) is 5.14. The molecular weight excluding hydrogens is 384 g/mol. The highest BCUT2D eigenvalue weighted by Gasteiger charge is 2.27. The van der Waals surface area contributed by atoms with E-state index >= 15 is 0 Å². The Balaban J connectivity index is 0.00000168. The van der Waals surface area contributed by atoms with Gasteiger partial charge >= 0.3 is 0 Å². The molecule has 1 aliphatic heterocycles. The molecule has 0 unspecified atom stereocenters. The number of nitrogens with zero attached hydrogens (tertiary/aromatic N) is 1. The maximum absolute atomic E-state index is 12.9. The summed E-state index contributed by atoms with van der Waals surface area (Å²) in [7, 11) is 0. The number of hydrogen-bond acceptors (Lipinski definition) is 4. The lowest BCUT2D eigenvalue weighted by Crippen LogP contribution is -2.45. The molecule has 3 nitrogen and oxygen atoms in total. The van der Waals surface area contributed by atoms with Crippen LogP contribution in [0, 0.1) is 5.92 Å². The van der Waals surface area contributed by atoms with Gasteiger partial charge in [-0.05, 0) is 50.3 Å². The lowest BCUT2D eigenvalue weighted by Gasteiger charge is -2.32. The molecule has 3 heterocycles. The third-order valence-corrected chi connectivity index (χ3v) is 7.84. The molecule has 2 aliphatic rings. The van der Waals surface area contributed by atoms with Crippen LogP contribution in [0.15, 0.2) is 30.3 Å². The highest BCUT2D eigenvalue weighted by atomic mass is 35.5. The summed E-state index contributed by atoms with van der Waals surface area (Å²) in [4.78, 5) is 15.9. The van der Waals surface area contributed by atoms with Crippen LogP contribution in [0.2, 0.25) is 0 Å². The number of carbonyl (C=O) groups is 1. The van der Waals surface area contributed by atoms with Gasteiger partial charge in [0.15, 0.2) is 0 Å². The molecule has 0 spiro atoms. The van der Waals surface area contributed by atoms with Gasteiger partial charge in [-0.3, -0.25) is 4.79 Å². The first-order chi connectivity index (χ1) is 12.3. The van der Waals surface area contributed by atoms with Gasteiger partial charge in [-0.25, -0.2) is 0 Å². The number of piperidine rings is 1. The number of rotatable bonds is 4. The SMILES string of the molecule is Cl.O=C(c1cc2sc3ccccc3c2s1)N1CCC(NCC2CC2)CC1. The number of nitrogens with one attached hydrogen (secondary N) is 1. The lowest BCUT2D eigenvalue weighted by atomic mass is 10.0. The fourth-order valence-electron chi connectivity index (χ4n) is 3.70. The molecule has 0 atom stereocenters. The van der Waals surface area contributed by atoms with E-state index in [2.05, 4.69) is 35.6 Å². The van der Waals surface area contributed by atoms with E-state index in [0.29, 0.717) is 6.04 Å². The Bertz CT molecular complexity index is 922. The molecule has 3 aromatic rings. The Kier molecular flexibility index (Phi) is 5.24. The van der Waals surface area contributed by atoms with Crippen molar-refractivity contribution in [1.82, 2.24) is 10.2 Å². The van der Waals surface area contributed by atoms with Crippen LogP contribution >= 0.6 is 35.1 Å². The summed E-state index contributed by atoms with van der Waals surface area (Å²) < 4.78 is 3.82. The molecule has 1 aromatic carbocycles. The Labute approximate surface area is 167 Å². The molecular formula is C20H23ClN2OS2. The molecule has 1 saturated carbocycles. The average molecular weight is 407 g/mol. The average Bonchev–Trinajstić information content (AvgIpc) is 3.28. The summed E-state index contributed by atoms with van der Waals surface area (Å²) in [5, 5.41) is 4.97.